The van der Waals surface area contributed by atoms with E-state index in [1.807, 2.05) is 0 Å². The van der Waals surface area contributed by atoms with Crippen LogP contribution < -0.4 is 0 Å². The molecule has 0 aromatic carbocycles. The maximum Gasteiger partial charge on any atom is 0.133 e. The Labute approximate surface area is 113 Å². The van der Waals surface area contributed by atoms with Crippen LogP contribution in [0.25, 0.3) is 0 Å². The first-order chi connectivity index (χ1) is 9.13. The molecule has 1 unspecified atom stereocenters. The zero-order chi connectivity index (χ0) is 13.8. The molecule has 19 heavy (non-hydrogen) atoms. The van der Waals surface area contributed by atoms with Crippen LogP contribution in [0.15, 0.2) is 18.3 Å². The van der Waals surface area contributed by atoms with Gasteiger partial charge in [-0.3, -0.25) is 9.88 Å². The molecule has 0 aliphatic carbocycles. The van der Waals surface area contributed by atoms with Gasteiger partial charge in [0.15, 0.2) is 0 Å². The van der Waals surface area contributed by atoms with Gasteiger partial charge in [-0.15, -0.1) is 0 Å². The smallest absolute Gasteiger partial charge is 0.133 e. The number of nitrogens with zero attached hydrogens (tertiary/aromatic N) is 2. The summed E-state index contributed by atoms with van der Waals surface area (Å²) in [7, 11) is 0. The molecule has 1 aromatic heterocycles. The van der Waals surface area contributed by atoms with Gasteiger partial charge in [-0.1, -0.05) is 13.3 Å². The predicted molar refractivity (Wildman–Crippen MR) is 71.7 cm³/mol. The lowest BCUT2D eigenvalue weighted by atomic mass is 9.95. The first kappa shape index (κ1) is 14.2. The van der Waals surface area contributed by atoms with Gasteiger partial charge < -0.3 is 15.3 Å². The summed E-state index contributed by atoms with van der Waals surface area (Å²) in [5.41, 5.74) is 0.568. The second-order valence-electron chi connectivity index (χ2n) is 5.29. The van der Waals surface area contributed by atoms with Crippen LogP contribution in [0.2, 0.25) is 0 Å². The summed E-state index contributed by atoms with van der Waals surface area (Å²) in [5, 5.41) is 28.7. The van der Waals surface area contributed by atoms with Crippen LogP contribution in [-0.4, -0.2) is 51.4 Å². The SMILES string of the molecule is CC[C@@H]1CN(CC(O)c2ccc(O)cn2)C[C@@H]1CO. The zero-order valence-corrected chi connectivity index (χ0v) is 11.2. The number of hydrogen-bond acceptors (Lipinski definition) is 5. The van der Waals surface area contributed by atoms with E-state index in [1.54, 1.807) is 6.07 Å². The van der Waals surface area contributed by atoms with Crippen molar-refractivity contribution < 1.29 is 15.3 Å². The molecule has 0 saturated carbocycles. The molecule has 1 saturated heterocycles. The van der Waals surface area contributed by atoms with Crippen molar-refractivity contribution in [3.05, 3.63) is 24.0 Å². The van der Waals surface area contributed by atoms with Crippen molar-refractivity contribution in [2.24, 2.45) is 11.8 Å². The molecule has 0 spiro atoms. The fourth-order valence-corrected chi connectivity index (χ4v) is 2.79. The quantitative estimate of drug-likeness (QED) is 0.734. The van der Waals surface area contributed by atoms with Crippen LogP contribution >= 0.6 is 0 Å². The van der Waals surface area contributed by atoms with E-state index in [2.05, 4.69) is 16.8 Å². The molecule has 0 bridgehead atoms. The molecule has 1 aliphatic rings. The predicted octanol–water partition coefficient (Wildman–Crippen LogP) is 0.771. The second-order valence-corrected chi connectivity index (χ2v) is 5.29. The van der Waals surface area contributed by atoms with Gasteiger partial charge >= 0.3 is 0 Å². The number of hydrogen-bond donors (Lipinski definition) is 3. The normalized spacial score (nSPS) is 25.6. The molecule has 3 N–H and O–H groups in total. The fraction of sp³-hybridized carbons (Fsp3) is 0.643. The summed E-state index contributed by atoms with van der Waals surface area (Å²) in [6, 6.07) is 3.16. The van der Waals surface area contributed by atoms with E-state index in [1.165, 1.54) is 12.3 Å². The van der Waals surface area contributed by atoms with Crippen molar-refractivity contribution in [1.29, 1.82) is 0 Å². The lowest BCUT2D eigenvalue weighted by Crippen LogP contribution is -2.27. The topological polar surface area (TPSA) is 76.8 Å². The minimum Gasteiger partial charge on any atom is -0.506 e. The number of aliphatic hydroxyl groups is 2. The van der Waals surface area contributed by atoms with Gasteiger partial charge in [-0.25, -0.2) is 0 Å². The average molecular weight is 266 g/mol. The van der Waals surface area contributed by atoms with Crippen molar-refractivity contribution in [2.45, 2.75) is 19.4 Å². The summed E-state index contributed by atoms with van der Waals surface area (Å²) in [4.78, 5) is 6.20. The molecular weight excluding hydrogens is 244 g/mol. The van der Waals surface area contributed by atoms with Crippen molar-refractivity contribution in [3.63, 3.8) is 0 Å². The Kier molecular flexibility index (Phi) is 4.74. The highest BCUT2D eigenvalue weighted by Gasteiger charge is 2.32. The summed E-state index contributed by atoms with van der Waals surface area (Å²) >= 11 is 0. The van der Waals surface area contributed by atoms with Gasteiger partial charge in [-0.2, -0.15) is 0 Å². The number of aliphatic hydroxyl groups excluding tert-OH is 2. The van der Waals surface area contributed by atoms with E-state index in [9.17, 15) is 15.3 Å². The van der Waals surface area contributed by atoms with Crippen molar-refractivity contribution >= 4 is 0 Å². The maximum atomic E-state index is 10.1. The molecule has 0 amide bonds. The lowest BCUT2D eigenvalue weighted by molar-refractivity contribution is 0.117. The molecule has 3 atom stereocenters. The van der Waals surface area contributed by atoms with Crippen LogP contribution in [-0.2, 0) is 0 Å². The maximum absolute atomic E-state index is 10.1. The Bertz CT molecular complexity index is 384. The highest BCUT2D eigenvalue weighted by atomic mass is 16.3. The highest BCUT2D eigenvalue weighted by Crippen LogP contribution is 2.27. The van der Waals surface area contributed by atoms with E-state index in [0.717, 1.165) is 19.5 Å². The summed E-state index contributed by atoms with van der Waals surface area (Å²) in [5.74, 6) is 0.915. The van der Waals surface area contributed by atoms with E-state index in [0.29, 0.717) is 24.1 Å². The number of β-amino-alcohol motifs (C(OH)–C–C–N with tert-alkyl or cyclic N) is 1. The number of aromatic nitrogens is 1. The van der Waals surface area contributed by atoms with E-state index in [-0.39, 0.29) is 12.4 Å². The van der Waals surface area contributed by atoms with Gasteiger partial charge in [0, 0.05) is 26.2 Å². The largest absolute Gasteiger partial charge is 0.506 e. The zero-order valence-electron chi connectivity index (χ0n) is 11.2. The molecule has 5 nitrogen and oxygen atoms in total. The third-order valence-corrected chi connectivity index (χ3v) is 3.95. The van der Waals surface area contributed by atoms with Crippen LogP contribution in [0.3, 0.4) is 0 Å². The van der Waals surface area contributed by atoms with Crippen LogP contribution in [0, 0.1) is 11.8 Å². The molecule has 2 heterocycles. The molecular formula is C14H22N2O3. The Balaban J connectivity index is 1.93. The molecule has 5 heteroatoms. The molecule has 1 aliphatic heterocycles. The lowest BCUT2D eigenvalue weighted by Gasteiger charge is -2.19. The van der Waals surface area contributed by atoms with Gasteiger partial charge in [-0.05, 0) is 24.0 Å². The number of aromatic hydroxyl groups is 1. The third kappa shape index (κ3) is 3.43. The van der Waals surface area contributed by atoms with Crippen molar-refractivity contribution in [1.82, 2.24) is 9.88 Å². The average Bonchev–Trinajstić information content (AvgIpc) is 2.81. The van der Waals surface area contributed by atoms with Gasteiger partial charge in [0.1, 0.15) is 11.9 Å². The van der Waals surface area contributed by atoms with Crippen LogP contribution in [0.4, 0.5) is 0 Å². The Morgan fingerprint density at radius 3 is 2.63 bits per heavy atom. The molecule has 0 radical (unpaired) electrons. The number of rotatable bonds is 5. The first-order valence-corrected chi connectivity index (χ1v) is 6.80. The number of likely N-dealkylation sites (tertiary alicyclic amines) is 1. The fourth-order valence-electron chi connectivity index (χ4n) is 2.79. The standard InChI is InChI=1S/C14H22N2O3/c1-2-10-6-16(7-11(10)9-17)8-14(19)13-4-3-12(18)5-15-13/h3-5,10-11,14,17-19H,2,6-9H2,1H3/t10-,11-,14?/m1/s1. The molecule has 1 fully saturated rings. The van der Waals surface area contributed by atoms with E-state index >= 15 is 0 Å². The van der Waals surface area contributed by atoms with E-state index in [4.69, 9.17) is 0 Å². The minimum atomic E-state index is -0.657. The van der Waals surface area contributed by atoms with Crippen LogP contribution in [0.5, 0.6) is 5.75 Å². The summed E-state index contributed by atoms with van der Waals surface area (Å²) in [6.07, 6.45) is 1.74. The molecule has 1 aromatic rings. The van der Waals surface area contributed by atoms with Crippen molar-refractivity contribution in [3.8, 4) is 5.75 Å². The molecule has 106 valence electrons. The third-order valence-electron chi connectivity index (χ3n) is 3.95. The minimum absolute atomic E-state index is 0.100. The van der Waals surface area contributed by atoms with Crippen LogP contribution in [0.1, 0.15) is 25.1 Å². The first-order valence-electron chi connectivity index (χ1n) is 6.80. The summed E-state index contributed by atoms with van der Waals surface area (Å²) < 4.78 is 0. The second kappa shape index (κ2) is 6.32. The summed E-state index contributed by atoms with van der Waals surface area (Å²) in [6.45, 7) is 4.60. The monoisotopic (exact) mass is 266 g/mol. The Morgan fingerprint density at radius 1 is 1.37 bits per heavy atom. The van der Waals surface area contributed by atoms with Gasteiger partial charge in [0.2, 0.25) is 0 Å². The molecule has 2 rings (SSSR count). The van der Waals surface area contributed by atoms with Gasteiger partial charge in [0.25, 0.3) is 0 Å². The number of pyridine rings is 1. The Hall–Kier alpha value is -1.17. The Morgan fingerprint density at radius 2 is 2.11 bits per heavy atom. The van der Waals surface area contributed by atoms with Crippen molar-refractivity contribution in [2.75, 3.05) is 26.2 Å². The van der Waals surface area contributed by atoms with E-state index < -0.39 is 6.10 Å². The highest BCUT2D eigenvalue weighted by molar-refractivity contribution is 5.19. The van der Waals surface area contributed by atoms with Gasteiger partial charge in [0.05, 0.1) is 11.9 Å².